The molecule has 32 heavy (non-hydrogen) atoms. The lowest BCUT2D eigenvalue weighted by Gasteiger charge is -2.28. The van der Waals surface area contributed by atoms with E-state index in [-0.39, 0.29) is 17.8 Å². The van der Waals surface area contributed by atoms with Crippen LogP contribution in [0.25, 0.3) is 22.4 Å². The molecule has 0 radical (unpaired) electrons. The van der Waals surface area contributed by atoms with Crippen LogP contribution < -0.4 is 10.6 Å². The molecule has 0 bridgehead atoms. The van der Waals surface area contributed by atoms with Crippen LogP contribution in [0.5, 0.6) is 0 Å². The molecule has 4 aromatic rings. The van der Waals surface area contributed by atoms with Crippen LogP contribution in [-0.2, 0) is 12.6 Å². The van der Waals surface area contributed by atoms with Crippen molar-refractivity contribution in [3.8, 4) is 22.4 Å². The molecule has 3 heterocycles. The van der Waals surface area contributed by atoms with Gasteiger partial charge in [-0.15, -0.1) is 0 Å². The summed E-state index contributed by atoms with van der Waals surface area (Å²) >= 11 is 0. The first-order valence-corrected chi connectivity index (χ1v) is 10.0. The summed E-state index contributed by atoms with van der Waals surface area (Å²) in [7, 11) is 1.69. The number of aryl methyl sites for hydroxylation is 1. The van der Waals surface area contributed by atoms with Crippen molar-refractivity contribution < 1.29 is 13.6 Å². The number of hydrogen-bond donors (Lipinski definition) is 2. The third-order valence-electron chi connectivity index (χ3n) is 5.87. The van der Waals surface area contributed by atoms with Gasteiger partial charge in [0.2, 0.25) is 0 Å². The van der Waals surface area contributed by atoms with E-state index in [1.807, 2.05) is 35.8 Å². The zero-order chi connectivity index (χ0) is 22.5. The fourth-order valence-electron chi connectivity index (χ4n) is 4.22. The summed E-state index contributed by atoms with van der Waals surface area (Å²) in [5.74, 6) is -1.40. The Balaban J connectivity index is 1.34. The van der Waals surface area contributed by atoms with Crippen molar-refractivity contribution in [1.29, 1.82) is 0 Å². The number of aromatic nitrogens is 4. The van der Waals surface area contributed by atoms with Crippen LogP contribution in [0.1, 0.15) is 12.5 Å². The molecule has 162 valence electrons. The van der Waals surface area contributed by atoms with Gasteiger partial charge >= 0.3 is 6.03 Å². The predicted octanol–water partition coefficient (Wildman–Crippen LogP) is 4.13. The summed E-state index contributed by atoms with van der Waals surface area (Å²) < 4.78 is 32.7. The highest BCUT2D eigenvalue weighted by molar-refractivity contribution is 5.90. The molecule has 0 fully saturated rings. The third kappa shape index (κ3) is 3.13. The van der Waals surface area contributed by atoms with Crippen LogP contribution in [0, 0.1) is 11.6 Å². The number of halogens is 2. The number of urea groups is 1. The standard InChI is InChI=1S/C23H20F2N6O/c1-23(17-6-4-3-5-15(17)21-10-26-13-31(21)23)12-27-22(32)29-20-8-18(24)16(7-19(20)25)14-9-28-30(2)11-14/h3-11,13H,12H2,1-2H3,(H2,27,29,32). The van der Waals surface area contributed by atoms with Gasteiger partial charge in [-0.2, -0.15) is 5.10 Å². The first-order chi connectivity index (χ1) is 15.4. The van der Waals surface area contributed by atoms with Crippen molar-refractivity contribution in [2.45, 2.75) is 12.5 Å². The highest BCUT2D eigenvalue weighted by Crippen LogP contribution is 2.42. The van der Waals surface area contributed by atoms with Crippen molar-refractivity contribution in [2.75, 3.05) is 11.9 Å². The summed E-state index contributed by atoms with van der Waals surface area (Å²) in [6.45, 7) is 2.23. The molecule has 2 N–H and O–H groups in total. The molecule has 7 nitrogen and oxygen atoms in total. The van der Waals surface area contributed by atoms with Gasteiger partial charge in [0, 0.05) is 42.5 Å². The minimum absolute atomic E-state index is 0.0734. The summed E-state index contributed by atoms with van der Waals surface area (Å²) in [4.78, 5) is 16.8. The van der Waals surface area contributed by atoms with Gasteiger partial charge in [-0.25, -0.2) is 18.6 Å². The number of carbonyl (C=O) groups excluding carboxylic acids is 1. The molecule has 1 aliphatic heterocycles. The van der Waals surface area contributed by atoms with E-state index >= 15 is 0 Å². The van der Waals surface area contributed by atoms with Gasteiger partial charge in [0.15, 0.2) is 0 Å². The minimum Gasteiger partial charge on any atom is -0.335 e. The minimum atomic E-state index is -0.741. The van der Waals surface area contributed by atoms with Gasteiger partial charge in [-0.05, 0) is 18.6 Å². The summed E-state index contributed by atoms with van der Waals surface area (Å²) in [5, 5.41) is 9.16. The fraction of sp³-hybridized carbons (Fsp3) is 0.174. The Morgan fingerprint density at radius 3 is 2.72 bits per heavy atom. The molecule has 1 atom stereocenters. The molecule has 0 spiro atoms. The molecule has 0 aliphatic carbocycles. The van der Waals surface area contributed by atoms with Crippen LogP contribution in [0.2, 0.25) is 0 Å². The number of nitrogens with one attached hydrogen (secondary N) is 2. The maximum atomic E-state index is 14.6. The zero-order valence-corrected chi connectivity index (χ0v) is 17.4. The lowest BCUT2D eigenvalue weighted by molar-refractivity contribution is 0.247. The number of nitrogens with zero attached hydrogens (tertiary/aromatic N) is 4. The van der Waals surface area contributed by atoms with Crippen molar-refractivity contribution in [1.82, 2.24) is 24.6 Å². The Morgan fingerprint density at radius 1 is 1.12 bits per heavy atom. The second-order valence-corrected chi connectivity index (χ2v) is 7.99. The Kier molecular flexibility index (Phi) is 4.54. The molecular formula is C23H20F2N6O. The number of anilines is 1. The van der Waals surface area contributed by atoms with Crippen LogP contribution in [0.3, 0.4) is 0 Å². The van der Waals surface area contributed by atoms with Gasteiger partial charge in [-0.3, -0.25) is 4.68 Å². The van der Waals surface area contributed by atoms with Gasteiger partial charge in [0.25, 0.3) is 0 Å². The van der Waals surface area contributed by atoms with E-state index < -0.39 is 23.2 Å². The SMILES string of the molecule is Cn1cc(-c2cc(F)c(NC(=O)NCC3(C)c4ccccc4-c4cncn43)cc2F)cn1. The lowest BCUT2D eigenvalue weighted by atomic mass is 9.91. The Morgan fingerprint density at radius 2 is 1.94 bits per heavy atom. The number of imidazole rings is 1. The normalized spacial score (nSPS) is 16.5. The summed E-state index contributed by atoms with van der Waals surface area (Å²) in [6.07, 6.45) is 6.54. The summed E-state index contributed by atoms with van der Waals surface area (Å²) in [5.41, 5.74) is 2.78. The third-order valence-corrected chi connectivity index (χ3v) is 5.87. The fourth-order valence-corrected chi connectivity index (χ4v) is 4.22. The second kappa shape index (κ2) is 7.30. The number of carbonyl (C=O) groups is 1. The van der Waals surface area contributed by atoms with Crippen LogP contribution in [-0.4, -0.2) is 31.9 Å². The average molecular weight is 434 g/mol. The molecule has 1 aliphatic rings. The van der Waals surface area contributed by atoms with E-state index in [1.54, 1.807) is 25.8 Å². The van der Waals surface area contributed by atoms with Crippen molar-refractivity contribution in [3.05, 3.63) is 78.5 Å². The Labute approximate surface area is 182 Å². The molecule has 0 saturated heterocycles. The van der Waals surface area contributed by atoms with Gasteiger partial charge in [0.05, 0.1) is 35.6 Å². The molecule has 9 heteroatoms. The second-order valence-electron chi connectivity index (χ2n) is 7.99. The topological polar surface area (TPSA) is 76.8 Å². The van der Waals surface area contributed by atoms with Crippen molar-refractivity contribution >= 4 is 11.7 Å². The van der Waals surface area contributed by atoms with Crippen molar-refractivity contribution in [2.24, 2.45) is 7.05 Å². The van der Waals surface area contributed by atoms with Crippen LogP contribution in [0.15, 0.2) is 61.3 Å². The van der Waals surface area contributed by atoms with E-state index in [4.69, 9.17) is 0 Å². The highest BCUT2D eigenvalue weighted by atomic mass is 19.1. The molecular weight excluding hydrogens is 414 g/mol. The first-order valence-electron chi connectivity index (χ1n) is 10.0. The molecule has 2 aromatic carbocycles. The quantitative estimate of drug-likeness (QED) is 0.507. The van der Waals surface area contributed by atoms with E-state index in [0.717, 1.165) is 29.0 Å². The van der Waals surface area contributed by atoms with Crippen LogP contribution in [0.4, 0.5) is 19.3 Å². The number of fused-ring (bicyclic) bond motifs is 3. The maximum absolute atomic E-state index is 14.6. The molecule has 0 saturated carbocycles. The van der Waals surface area contributed by atoms with Gasteiger partial charge < -0.3 is 15.2 Å². The van der Waals surface area contributed by atoms with Gasteiger partial charge in [-0.1, -0.05) is 24.3 Å². The first kappa shape index (κ1) is 19.9. The average Bonchev–Trinajstić information content (AvgIpc) is 3.48. The van der Waals surface area contributed by atoms with E-state index in [9.17, 15) is 13.6 Å². The molecule has 5 rings (SSSR count). The highest BCUT2D eigenvalue weighted by Gasteiger charge is 2.39. The molecule has 1 unspecified atom stereocenters. The maximum Gasteiger partial charge on any atom is 0.319 e. The lowest BCUT2D eigenvalue weighted by Crippen LogP contribution is -2.43. The smallest absolute Gasteiger partial charge is 0.319 e. The largest absolute Gasteiger partial charge is 0.335 e. The summed E-state index contributed by atoms with van der Waals surface area (Å²) in [6, 6.07) is 9.30. The Hall–Kier alpha value is -4.01. The number of benzene rings is 2. The van der Waals surface area contributed by atoms with Crippen LogP contribution >= 0.6 is 0 Å². The number of amides is 2. The number of rotatable bonds is 4. The van der Waals surface area contributed by atoms with E-state index in [0.29, 0.717) is 5.56 Å². The Bertz CT molecular complexity index is 1340. The van der Waals surface area contributed by atoms with E-state index in [1.165, 1.54) is 10.9 Å². The monoisotopic (exact) mass is 434 g/mol. The van der Waals surface area contributed by atoms with Crippen molar-refractivity contribution in [3.63, 3.8) is 0 Å². The zero-order valence-electron chi connectivity index (χ0n) is 17.4. The number of hydrogen-bond acceptors (Lipinski definition) is 3. The van der Waals surface area contributed by atoms with Gasteiger partial charge in [0.1, 0.15) is 11.6 Å². The molecule has 2 amide bonds. The predicted molar refractivity (Wildman–Crippen MR) is 116 cm³/mol. The molecule has 2 aromatic heterocycles. The van der Waals surface area contributed by atoms with E-state index in [2.05, 4.69) is 20.7 Å².